The van der Waals surface area contributed by atoms with E-state index in [0.717, 1.165) is 19.6 Å². The second-order valence-electron chi connectivity index (χ2n) is 3.90. The lowest BCUT2D eigenvalue weighted by Gasteiger charge is -2.36. The minimum Gasteiger partial charge on any atom is -0.469 e. The number of carbonyl (C=O) groups excluding carboxylic acids is 1. The molecule has 0 aliphatic carbocycles. The van der Waals surface area contributed by atoms with Crippen LogP contribution in [0, 0.1) is 0 Å². The Morgan fingerprint density at radius 1 is 1.57 bits per heavy atom. The third kappa shape index (κ3) is 3.27. The van der Waals surface area contributed by atoms with E-state index in [1.165, 1.54) is 7.11 Å². The summed E-state index contributed by atoms with van der Waals surface area (Å²) in [6, 6.07) is 0.699. The summed E-state index contributed by atoms with van der Waals surface area (Å²) < 4.78 is 4.66. The molecule has 0 aromatic rings. The van der Waals surface area contributed by atoms with Crippen LogP contribution in [-0.2, 0) is 9.53 Å². The first-order valence-electron chi connectivity index (χ1n) is 5.21. The Morgan fingerprint density at radius 3 is 2.86 bits per heavy atom. The van der Waals surface area contributed by atoms with E-state index in [1.807, 2.05) is 0 Å². The zero-order chi connectivity index (χ0) is 10.6. The maximum atomic E-state index is 11.1. The second-order valence-corrected chi connectivity index (χ2v) is 3.90. The minimum atomic E-state index is -0.132. The number of piperazine rings is 1. The summed E-state index contributed by atoms with van der Waals surface area (Å²) in [6.07, 6.45) is 0.470. The molecule has 4 nitrogen and oxygen atoms in total. The van der Waals surface area contributed by atoms with E-state index in [4.69, 9.17) is 0 Å². The zero-order valence-corrected chi connectivity index (χ0v) is 9.25. The Balaban J connectivity index is 2.40. The van der Waals surface area contributed by atoms with Crippen molar-refractivity contribution < 1.29 is 9.53 Å². The summed E-state index contributed by atoms with van der Waals surface area (Å²) in [5.74, 6) is -0.132. The SMILES string of the molecule is CCN1CC(C)NC(CC(=O)OC)C1. The molecule has 1 aliphatic rings. The predicted molar refractivity (Wildman–Crippen MR) is 55.1 cm³/mol. The van der Waals surface area contributed by atoms with Crippen molar-refractivity contribution in [3.05, 3.63) is 0 Å². The van der Waals surface area contributed by atoms with Gasteiger partial charge in [-0.3, -0.25) is 4.79 Å². The van der Waals surface area contributed by atoms with Crippen LogP contribution in [0.4, 0.5) is 0 Å². The monoisotopic (exact) mass is 200 g/mol. The van der Waals surface area contributed by atoms with Gasteiger partial charge in [0.05, 0.1) is 13.5 Å². The van der Waals surface area contributed by atoms with Crippen LogP contribution < -0.4 is 5.32 Å². The van der Waals surface area contributed by atoms with Crippen LogP contribution in [0.15, 0.2) is 0 Å². The molecule has 2 atom stereocenters. The number of esters is 1. The van der Waals surface area contributed by atoms with Gasteiger partial charge in [0, 0.05) is 25.2 Å². The van der Waals surface area contributed by atoms with Crippen LogP contribution in [0.5, 0.6) is 0 Å². The Morgan fingerprint density at radius 2 is 2.29 bits per heavy atom. The molecule has 1 aliphatic heterocycles. The fourth-order valence-corrected chi connectivity index (χ4v) is 1.95. The molecular weight excluding hydrogens is 180 g/mol. The quantitative estimate of drug-likeness (QED) is 0.662. The van der Waals surface area contributed by atoms with E-state index in [2.05, 4.69) is 28.8 Å². The first-order chi connectivity index (χ1) is 6.65. The van der Waals surface area contributed by atoms with Crippen molar-refractivity contribution in [2.75, 3.05) is 26.7 Å². The maximum Gasteiger partial charge on any atom is 0.307 e. The molecule has 82 valence electrons. The van der Waals surface area contributed by atoms with Gasteiger partial charge in [0.2, 0.25) is 0 Å². The smallest absolute Gasteiger partial charge is 0.307 e. The van der Waals surface area contributed by atoms with Gasteiger partial charge in [-0.2, -0.15) is 0 Å². The van der Waals surface area contributed by atoms with Crippen molar-refractivity contribution in [2.45, 2.75) is 32.4 Å². The van der Waals surface area contributed by atoms with Gasteiger partial charge in [0.1, 0.15) is 0 Å². The standard InChI is InChI=1S/C10H20N2O2/c1-4-12-6-8(2)11-9(7-12)5-10(13)14-3/h8-9,11H,4-7H2,1-3H3. The Hall–Kier alpha value is -0.610. The minimum absolute atomic E-state index is 0.132. The number of ether oxygens (including phenoxy) is 1. The summed E-state index contributed by atoms with van der Waals surface area (Å²) >= 11 is 0. The summed E-state index contributed by atoms with van der Waals surface area (Å²) in [5.41, 5.74) is 0. The zero-order valence-electron chi connectivity index (χ0n) is 9.25. The number of methoxy groups -OCH3 is 1. The number of hydrogen-bond donors (Lipinski definition) is 1. The normalized spacial score (nSPS) is 28.8. The molecule has 0 radical (unpaired) electrons. The third-order valence-electron chi connectivity index (χ3n) is 2.62. The maximum absolute atomic E-state index is 11.1. The number of rotatable bonds is 3. The van der Waals surface area contributed by atoms with Crippen LogP contribution in [0.2, 0.25) is 0 Å². The van der Waals surface area contributed by atoms with Crippen LogP contribution in [0.25, 0.3) is 0 Å². The van der Waals surface area contributed by atoms with E-state index < -0.39 is 0 Å². The van der Waals surface area contributed by atoms with Gasteiger partial charge in [-0.25, -0.2) is 0 Å². The lowest BCUT2D eigenvalue weighted by molar-refractivity contribution is -0.141. The fraction of sp³-hybridized carbons (Fsp3) is 0.900. The molecule has 14 heavy (non-hydrogen) atoms. The van der Waals surface area contributed by atoms with Crippen LogP contribution in [0.1, 0.15) is 20.3 Å². The van der Waals surface area contributed by atoms with Crippen molar-refractivity contribution in [1.29, 1.82) is 0 Å². The summed E-state index contributed by atoms with van der Waals surface area (Å²) in [7, 11) is 1.44. The Labute approximate surface area is 85.6 Å². The van der Waals surface area contributed by atoms with Crippen LogP contribution in [0.3, 0.4) is 0 Å². The van der Waals surface area contributed by atoms with E-state index in [-0.39, 0.29) is 12.0 Å². The molecule has 1 heterocycles. The molecule has 0 saturated carbocycles. The molecule has 0 amide bonds. The molecule has 0 bridgehead atoms. The number of likely N-dealkylation sites (N-methyl/N-ethyl adjacent to an activating group) is 1. The fourth-order valence-electron chi connectivity index (χ4n) is 1.95. The molecule has 4 heteroatoms. The molecular formula is C10H20N2O2. The highest BCUT2D eigenvalue weighted by atomic mass is 16.5. The second kappa shape index (κ2) is 5.32. The first kappa shape index (κ1) is 11.5. The number of hydrogen-bond acceptors (Lipinski definition) is 4. The van der Waals surface area contributed by atoms with Crippen molar-refractivity contribution in [2.24, 2.45) is 0 Å². The van der Waals surface area contributed by atoms with Gasteiger partial charge in [-0.15, -0.1) is 0 Å². The van der Waals surface area contributed by atoms with E-state index in [9.17, 15) is 4.79 Å². The van der Waals surface area contributed by atoms with Gasteiger partial charge in [-0.1, -0.05) is 6.92 Å². The van der Waals surface area contributed by atoms with E-state index >= 15 is 0 Å². The van der Waals surface area contributed by atoms with E-state index in [1.54, 1.807) is 0 Å². The highest BCUT2D eigenvalue weighted by Crippen LogP contribution is 2.07. The van der Waals surface area contributed by atoms with Crippen molar-refractivity contribution in [3.63, 3.8) is 0 Å². The van der Waals surface area contributed by atoms with Gasteiger partial charge in [0.15, 0.2) is 0 Å². The van der Waals surface area contributed by atoms with Gasteiger partial charge >= 0.3 is 5.97 Å². The number of nitrogens with zero attached hydrogens (tertiary/aromatic N) is 1. The highest BCUT2D eigenvalue weighted by molar-refractivity contribution is 5.69. The molecule has 1 fully saturated rings. The predicted octanol–water partition coefficient (Wildman–Crippen LogP) is 0.232. The number of nitrogens with one attached hydrogen (secondary N) is 1. The average molecular weight is 200 g/mol. The summed E-state index contributed by atoms with van der Waals surface area (Å²) in [6.45, 7) is 7.34. The van der Waals surface area contributed by atoms with Crippen LogP contribution >= 0.6 is 0 Å². The van der Waals surface area contributed by atoms with Crippen LogP contribution in [-0.4, -0.2) is 49.7 Å². The molecule has 0 aromatic carbocycles. The molecule has 1 N–H and O–H groups in total. The lowest BCUT2D eigenvalue weighted by atomic mass is 10.1. The third-order valence-corrected chi connectivity index (χ3v) is 2.62. The molecule has 0 spiro atoms. The number of carbonyl (C=O) groups is 1. The van der Waals surface area contributed by atoms with Gasteiger partial charge in [-0.05, 0) is 13.5 Å². The Bertz CT molecular complexity index is 197. The molecule has 2 unspecified atom stereocenters. The van der Waals surface area contributed by atoms with Gasteiger partial charge in [0.25, 0.3) is 0 Å². The highest BCUT2D eigenvalue weighted by Gasteiger charge is 2.24. The largest absolute Gasteiger partial charge is 0.469 e. The first-order valence-corrected chi connectivity index (χ1v) is 5.21. The lowest BCUT2D eigenvalue weighted by Crippen LogP contribution is -2.55. The topological polar surface area (TPSA) is 41.6 Å². The van der Waals surface area contributed by atoms with Gasteiger partial charge < -0.3 is 15.0 Å². The summed E-state index contributed by atoms with van der Waals surface area (Å²) in [5, 5.41) is 3.40. The molecule has 0 aromatic heterocycles. The Kier molecular flexibility index (Phi) is 4.35. The molecule has 1 rings (SSSR count). The summed E-state index contributed by atoms with van der Waals surface area (Å²) in [4.78, 5) is 13.5. The van der Waals surface area contributed by atoms with Crippen molar-refractivity contribution in [3.8, 4) is 0 Å². The van der Waals surface area contributed by atoms with Crippen molar-refractivity contribution >= 4 is 5.97 Å². The van der Waals surface area contributed by atoms with E-state index in [0.29, 0.717) is 12.5 Å². The van der Waals surface area contributed by atoms with Crippen molar-refractivity contribution in [1.82, 2.24) is 10.2 Å². The average Bonchev–Trinajstić information content (AvgIpc) is 2.16. The molecule has 1 saturated heterocycles.